The van der Waals surface area contributed by atoms with E-state index in [1.807, 2.05) is 0 Å². The van der Waals surface area contributed by atoms with Crippen LogP contribution in [0.25, 0.3) is 0 Å². The molecule has 1 aromatic carbocycles. The molecule has 0 heterocycles. The lowest BCUT2D eigenvalue weighted by Crippen LogP contribution is -1.99. The molecule has 0 aliphatic rings. The molecule has 0 aromatic heterocycles. The quantitative estimate of drug-likeness (QED) is 0.826. The van der Waals surface area contributed by atoms with Gasteiger partial charge >= 0.3 is 0 Å². The third-order valence-corrected chi connectivity index (χ3v) is 2.34. The van der Waals surface area contributed by atoms with Gasteiger partial charge in [-0.3, -0.25) is 0 Å². The van der Waals surface area contributed by atoms with Gasteiger partial charge in [-0.05, 0) is 33.6 Å². The molecule has 0 fully saturated rings. The number of nitriles is 1. The van der Waals surface area contributed by atoms with Crippen LogP contribution in [0.5, 0.6) is 0 Å². The molecule has 0 saturated heterocycles. The lowest BCUT2D eigenvalue weighted by atomic mass is 10.0. The normalized spacial score (nSPS) is 11.9. The maximum Gasteiger partial charge on any atom is 0.137 e. The Labute approximate surface area is 89.4 Å². The van der Waals surface area contributed by atoms with E-state index in [-0.39, 0.29) is 10.0 Å². The first-order chi connectivity index (χ1) is 6.56. The number of nitrogens with zero attached hydrogens (tertiary/aromatic N) is 1. The number of halogens is 2. The van der Waals surface area contributed by atoms with Crippen LogP contribution in [0.15, 0.2) is 34.8 Å². The Hall–Kier alpha value is -1.18. The van der Waals surface area contributed by atoms with Crippen molar-refractivity contribution in [3.63, 3.8) is 0 Å². The average molecular weight is 256 g/mol. The van der Waals surface area contributed by atoms with Gasteiger partial charge in [0.05, 0.1) is 16.1 Å². The molecule has 2 nitrogen and oxygen atoms in total. The number of aliphatic hydroxyl groups excluding tert-OH is 1. The van der Waals surface area contributed by atoms with E-state index in [4.69, 9.17) is 5.26 Å². The van der Waals surface area contributed by atoms with Crippen molar-refractivity contribution in [3.05, 3.63) is 46.2 Å². The lowest BCUT2D eigenvalue weighted by molar-refractivity contribution is 0.221. The number of benzene rings is 1. The first-order valence-electron chi connectivity index (χ1n) is 3.78. The van der Waals surface area contributed by atoms with Gasteiger partial charge in [0.25, 0.3) is 0 Å². The largest absolute Gasteiger partial charge is 0.383 e. The number of hydrogen-bond donors (Lipinski definition) is 1. The van der Waals surface area contributed by atoms with Crippen LogP contribution in [0.3, 0.4) is 0 Å². The lowest BCUT2D eigenvalue weighted by Gasteiger charge is -2.08. The van der Waals surface area contributed by atoms with Crippen LogP contribution in [-0.4, -0.2) is 5.11 Å². The highest BCUT2D eigenvalue weighted by atomic mass is 79.9. The highest BCUT2D eigenvalue weighted by Gasteiger charge is 2.12. The van der Waals surface area contributed by atoms with E-state index in [0.29, 0.717) is 5.56 Å². The van der Waals surface area contributed by atoms with Crippen LogP contribution in [-0.2, 0) is 0 Å². The second-order valence-corrected chi connectivity index (χ2v) is 3.57. The van der Waals surface area contributed by atoms with Crippen molar-refractivity contribution in [2.75, 3.05) is 0 Å². The summed E-state index contributed by atoms with van der Waals surface area (Å²) < 4.78 is 13.1. The highest BCUT2D eigenvalue weighted by Crippen LogP contribution is 2.24. The van der Waals surface area contributed by atoms with E-state index in [1.54, 1.807) is 6.07 Å². The number of aliphatic hydroxyl groups is 1. The molecule has 1 atom stereocenters. The van der Waals surface area contributed by atoms with Crippen LogP contribution in [0.4, 0.5) is 4.39 Å². The average Bonchev–Trinajstić information content (AvgIpc) is 2.20. The smallest absolute Gasteiger partial charge is 0.137 e. The van der Waals surface area contributed by atoms with Crippen LogP contribution >= 0.6 is 15.9 Å². The van der Waals surface area contributed by atoms with Gasteiger partial charge in [0.2, 0.25) is 0 Å². The topological polar surface area (TPSA) is 44.0 Å². The minimum Gasteiger partial charge on any atom is -0.383 e. The van der Waals surface area contributed by atoms with Crippen molar-refractivity contribution < 1.29 is 9.50 Å². The van der Waals surface area contributed by atoms with Crippen molar-refractivity contribution in [2.24, 2.45) is 0 Å². The molecule has 0 saturated carbocycles. The summed E-state index contributed by atoms with van der Waals surface area (Å²) in [4.78, 5) is 0. The minimum atomic E-state index is -1.07. The fraction of sp³-hybridized carbons (Fsp3) is 0.100. The molecule has 0 aliphatic heterocycles. The van der Waals surface area contributed by atoms with Gasteiger partial charge in [0.15, 0.2) is 0 Å². The standard InChI is InChI=1S/C10H7BrFNO/c1-6(5-13)10(14)7-2-3-9(12)8(11)4-7/h2-4,10,14H,1H2. The monoisotopic (exact) mass is 255 g/mol. The predicted octanol–water partition coefficient (Wildman–Crippen LogP) is 2.70. The molecular formula is C10H7BrFNO. The summed E-state index contributed by atoms with van der Waals surface area (Å²) in [5, 5.41) is 18.0. The maximum atomic E-state index is 12.8. The molecule has 0 aliphatic carbocycles. The third-order valence-electron chi connectivity index (χ3n) is 1.73. The molecule has 0 radical (unpaired) electrons. The molecule has 0 spiro atoms. The summed E-state index contributed by atoms with van der Waals surface area (Å²) in [6, 6.07) is 5.79. The van der Waals surface area contributed by atoms with Crippen molar-refractivity contribution in [2.45, 2.75) is 6.10 Å². The van der Waals surface area contributed by atoms with Crippen molar-refractivity contribution in [1.29, 1.82) is 5.26 Å². The van der Waals surface area contributed by atoms with Crippen LogP contribution in [0.1, 0.15) is 11.7 Å². The zero-order valence-corrected chi connectivity index (χ0v) is 8.75. The summed E-state index contributed by atoms with van der Waals surface area (Å²) in [6.45, 7) is 3.38. The molecule has 1 unspecified atom stereocenters. The summed E-state index contributed by atoms with van der Waals surface area (Å²) >= 11 is 2.99. The van der Waals surface area contributed by atoms with Gasteiger partial charge in [-0.25, -0.2) is 4.39 Å². The first kappa shape index (κ1) is 10.9. The van der Waals surface area contributed by atoms with E-state index in [2.05, 4.69) is 22.5 Å². The molecule has 0 bridgehead atoms. The van der Waals surface area contributed by atoms with E-state index in [9.17, 15) is 9.50 Å². The van der Waals surface area contributed by atoms with Crippen molar-refractivity contribution >= 4 is 15.9 Å². The summed E-state index contributed by atoms with van der Waals surface area (Å²) in [5.41, 5.74) is 0.466. The van der Waals surface area contributed by atoms with Crippen molar-refractivity contribution in [3.8, 4) is 6.07 Å². The zero-order valence-electron chi connectivity index (χ0n) is 7.17. The van der Waals surface area contributed by atoms with Gasteiger partial charge < -0.3 is 5.11 Å². The molecular weight excluding hydrogens is 249 g/mol. The number of hydrogen-bond acceptors (Lipinski definition) is 2. The van der Waals surface area contributed by atoms with Gasteiger partial charge in [0, 0.05) is 0 Å². The predicted molar refractivity (Wildman–Crippen MR) is 53.8 cm³/mol. The zero-order chi connectivity index (χ0) is 10.7. The van der Waals surface area contributed by atoms with Gasteiger partial charge in [0.1, 0.15) is 11.9 Å². The Balaban J connectivity index is 3.04. The Morgan fingerprint density at radius 2 is 2.29 bits per heavy atom. The van der Waals surface area contributed by atoms with Gasteiger partial charge in [-0.15, -0.1) is 0 Å². The Bertz CT molecular complexity index is 411. The second kappa shape index (κ2) is 4.36. The second-order valence-electron chi connectivity index (χ2n) is 2.71. The highest BCUT2D eigenvalue weighted by molar-refractivity contribution is 9.10. The van der Waals surface area contributed by atoms with E-state index in [0.717, 1.165) is 0 Å². The molecule has 1 aromatic rings. The fourth-order valence-electron chi connectivity index (χ4n) is 0.945. The van der Waals surface area contributed by atoms with E-state index in [1.165, 1.54) is 18.2 Å². The Kier molecular flexibility index (Phi) is 3.39. The summed E-state index contributed by atoms with van der Waals surface area (Å²) in [7, 11) is 0. The van der Waals surface area contributed by atoms with Crippen LogP contribution < -0.4 is 0 Å². The fourth-order valence-corrected chi connectivity index (χ4v) is 1.34. The summed E-state index contributed by atoms with van der Waals surface area (Å²) in [5.74, 6) is -0.413. The molecule has 0 amide bonds. The molecule has 1 N–H and O–H groups in total. The van der Waals surface area contributed by atoms with Crippen LogP contribution in [0.2, 0.25) is 0 Å². The van der Waals surface area contributed by atoms with Gasteiger partial charge in [-0.2, -0.15) is 5.26 Å². The Morgan fingerprint density at radius 1 is 1.64 bits per heavy atom. The Morgan fingerprint density at radius 3 is 2.79 bits per heavy atom. The molecule has 4 heteroatoms. The molecule has 14 heavy (non-hydrogen) atoms. The molecule has 1 rings (SSSR count). The van der Waals surface area contributed by atoms with E-state index < -0.39 is 11.9 Å². The van der Waals surface area contributed by atoms with E-state index >= 15 is 0 Å². The molecule has 72 valence electrons. The van der Waals surface area contributed by atoms with Gasteiger partial charge in [-0.1, -0.05) is 12.6 Å². The maximum absolute atomic E-state index is 12.8. The number of rotatable bonds is 2. The summed E-state index contributed by atoms with van der Waals surface area (Å²) in [6.07, 6.45) is -1.07. The first-order valence-corrected chi connectivity index (χ1v) is 4.57. The SMILES string of the molecule is C=C(C#N)C(O)c1ccc(F)c(Br)c1. The van der Waals surface area contributed by atoms with Crippen molar-refractivity contribution in [1.82, 2.24) is 0 Å². The minimum absolute atomic E-state index is 0.0310. The third kappa shape index (κ3) is 2.19. The van der Waals surface area contributed by atoms with Crippen LogP contribution in [0, 0.1) is 17.1 Å².